The third-order valence-corrected chi connectivity index (χ3v) is 4.41. The zero-order valence-electron chi connectivity index (χ0n) is 14.8. The molecule has 1 aromatic heterocycles. The largest absolute Gasteiger partial charge is 0.496 e. The minimum atomic E-state index is -0.557. The van der Waals surface area contributed by atoms with E-state index in [2.05, 4.69) is 15.3 Å². The number of carbonyl (C=O) groups is 2. The predicted octanol–water partition coefficient (Wildman–Crippen LogP) is 1.12. The Morgan fingerprint density at radius 2 is 2.30 bits per heavy atom. The molecule has 3 rings (SSSR count). The van der Waals surface area contributed by atoms with E-state index in [0.717, 1.165) is 25.3 Å². The number of carbonyl (C=O) groups excluding carboxylic acids is 2. The molecule has 1 atom stereocenters. The maximum absolute atomic E-state index is 13.5. The van der Waals surface area contributed by atoms with Crippen LogP contribution in [0.1, 0.15) is 22.3 Å². The molecule has 0 unspecified atom stereocenters. The molecular weight excluding hydrogens is 353 g/mol. The van der Waals surface area contributed by atoms with Crippen LogP contribution in [-0.2, 0) is 4.79 Å². The number of rotatable bonds is 7. The Labute approximate surface area is 155 Å². The van der Waals surface area contributed by atoms with E-state index < -0.39 is 11.6 Å². The molecule has 27 heavy (non-hydrogen) atoms. The Kier molecular flexibility index (Phi) is 5.60. The average molecular weight is 373 g/mol. The van der Waals surface area contributed by atoms with Gasteiger partial charge in [-0.3, -0.25) is 9.69 Å². The lowest BCUT2D eigenvalue weighted by Gasteiger charge is -2.15. The van der Waals surface area contributed by atoms with Crippen LogP contribution in [0.25, 0.3) is 0 Å². The molecule has 0 aliphatic carbocycles. The quantitative estimate of drug-likeness (QED) is 0.549. The fourth-order valence-corrected chi connectivity index (χ4v) is 3.05. The maximum Gasteiger partial charge on any atom is 0.224 e. The summed E-state index contributed by atoms with van der Waals surface area (Å²) in [6.45, 7) is 1.90. The number of ether oxygens (including phenoxy) is 1. The number of nitrogens with two attached hydrogens (primary N) is 1. The van der Waals surface area contributed by atoms with Crippen molar-refractivity contribution in [1.29, 1.82) is 0 Å². The van der Waals surface area contributed by atoms with Gasteiger partial charge in [0.2, 0.25) is 11.7 Å². The molecule has 3 N–H and O–H groups in total. The molecule has 1 saturated heterocycles. The number of hydrogen-bond donors (Lipinski definition) is 2. The zero-order valence-corrected chi connectivity index (χ0v) is 14.8. The first-order chi connectivity index (χ1) is 13.0. The van der Waals surface area contributed by atoms with Crippen LogP contribution in [0.15, 0.2) is 24.4 Å². The second-order valence-electron chi connectivity index (χ2n) is 6.22. The summed E-state index contributed by atoms with van der Waals surface area (Å²) in [6.07, 6.45) is 3.03. The number of halogens is 1. The van der Waals surface area contributed by atoms with Crippen molar-refractivity contribution < 1.29 is 18.7 Å². The number of anilines is 2. The Morgan fingerprint density at radius 1 is 1.48 bits per heavy atom. The maximum atomic E-state index is 13.5. The van der Waals surface area contributed by atoms with Crippen LogP contribution in [0.3, 0.4) is 0 Å². The van der Waals surface area contributed by atoms with E-state index in [0.29, 0.717) is 19.0 Å². The van der Waals surface area contributed by atoms with Crippen molar-refractivity contribution in [2.24, 2.45) is 0 Å². The van der Waals surface area contributed by atoms with Gasteiger partial charge in [0.15, 0.2) is 0 Å². The SMILES string of the molecule is COc1ccc(F)cc1C(=O)c1cnc(N[C@@H]2CCN(CC=O)C2)nc1N. The molecule has 2 aromatic rings. The number of aromatic nitrogens is 2. The van der Waals surface area contributed by atoms with Crippen molar-refractivity contribution in [3.63, 3.8) is 0 Å². The fraction of sp³-hybridized carbons (Fsp3) is 0.333. The number of nitrogens with one attached hydrogen (secondary N) is 1. The smallest absolute Gasteiger partial charge is 0.224 e. The molecule has 1 aliphatic rings. The molecule has 0 amide bonds. The Hall–Kier alpha value is -3.07. The average Bonchev–Trinajstić information content (AvgIpc) is 3.08. The monoisotopic (exact) mass is 373 g/mol. The Morgan fingerprint density at radius 3 is 3.00 bits per heavy atom. The summed E-state index contributed by atoms with van der Waals surface area (Å²) >= 11 is 0. The summed E-state index contributed by atoms with van der Waals surface area (Å²) in [6, 6.07) is 3.76. The highest BCUT2D eigenvalue weighted by molar-refractivity contribution is 6.13. The van der Waals surface area contributed by atoms with Crippen molar-refractivity contribution in [1.82, 2.24) is 14.9 Å². The molecular formula is C18H20FN5O3. The Bertz CT molecular complexity index is 861. The van der Waals surface area contributed by atoms with Gasteiger partial charge in [0.1, 0.15) is 23.7 Å². The van der Waals surface area contributed by atoms with Gasteiger partial charge < -0.3 is 20.6 Å². The standard InChI is InChI=1S/C18H20FN5O3/c1-27-15-3-2-11(19)8-13(15)16(26)14-9-21-18(23-17(14)20)22-12-4-5-24(10-12)6-7-25/h2-3,7-9,12H,4-6,10H2,1H3,(H3,20,21,22,23)/t12-/m1/s1. The van der Waals surface area contributed by atoms with E-state index >= 15 is 0 Å². The lowest BCUT2D eigenvalue weighted by Crippen LogP contribution is -2.28. The van der Waals surface area contributed by atoms with Gasteiger partial charge in [0.05, 0.1) is 24.8 Å². The van der Waals surface area contributed by atoms with E-state index in [-0.39, 0.29) is 28.7 Å². The normalized spacial score (nSPS) is 16.9. The number of methoxy groups -OCH3 is 1. The molecule has 0 radical (unpaired) electrons. The van der Waals surface area contributed by atoms with Crippen molar-refractivity contribution >= 4 is 23.8 Å². The number of hydrogen-bond acceptors (Lipinski definition) is 8. The lowest BCUT2D eigenvalue weighted by atomic mass is 10.0. The summed E-state index contributed by atoms with van der Waals surface area (Å²) in [7, 11) is 1.40. The van der Waals surface area contributed by atoms with Gasteiger partial charge >= 0.3 is 0 Å². The molecule has 8 nitrogen and oxygen atoms in total. The molecule has 2 heterocycles. The molecule has 1 fully saturated rings. The third kappa shape index (κ3) is 4.20. The highest BCUT2D eigenvalue weighted by Crippen LogP contribution is 2.25. The van der Waals surface area contributed by atoms with E-state index in [9.17, 15) is 14.0 Å². The lowest BCUT2D eigenvalue weighted by molar-refractivity contribution is -0.108. The molecule has 0 spiro atoms. The van der Waals surface area contributed by atoms with Gasteiger partial charge in [-0.2, -0.15) is 4.98 Å². The van der Waals surface area contributed by atoms with Crippen LogP contribution >= 0.6 is 0 Å². The van der Waals surface area contributed by atoms with Crippen LogP contribution in [0.2, 0.25) is 0 Å². The minimum absolute atomic E-state index is 0.00782. The van der Waals surface area contributed by atoms with Crippen molar-refractivity contribution in [2.75, 3.05) is 37.8 Å². The van der Waals surface area contributed by atoms with E-state index in [1.54, 1.807) is 0 Å². The number of nitrogens with zero attached hydrogens (tertiary/aromatic N) is 3. The van der Waals surface area contributed by atoms with Crippen LogP contribution < -0.4 is 15.8 Å². The first-order valence-corrected chi connectivity index (χ1v) is 8.45. The van der Waals surface area contributed by atoms with Crippen LogP contribution in [-0.4, -0.2) is 59.7 Å². The van der Waals surface area contributed by atoms with Crippen molar-refractivity contribution in [3.05, 3.63) is 41.3 Å². The van der Waals surface area contributed by atoms with Crippen LogP contribution in [0.4, 0.5) is 16.2 Å². The number of aldehydes is 1. The number of benzene rings is 1. The summed E-state index contributed by atoms with van der Waals surface area (Å²) in [4.78, 5) is 33.6. The molecule has 1 aliphatic heterocycles. The molecule has 0 bridgehead atoms. The van der Waals surface area contributed by atoms with Gasteiger partial charge in [-0.1, -0.05) is 0 Å². The summed E-state index contributed by atoms with van der Waals surface area (Å²) in [5.74, 6) is -0.546. The molecule has 9 heteroatoms. The van der Waals surface area contributed by atoms with Gasteiger partial charge in [0, 0.05) is 25.3 Å². The minimum Gasteiger partial charge on any atom is -0.496 e. The number of likely N-dealkylation sites (tertiary alicyclic amines) is 1. The van der Waals surface area contributed by atoms with Crippen LogP contribution in [0.5, 0.6) is 5.75 Å². The van der Waals surface area contributed by atoms with Gasteiger partial charge in [-0.25, -0.2) is 9.37 Å². The predicted molar refractivity (Wildman–Crippen MR) is 97.4 cm³/mol. The molecule has 1 aromatic carbocycles. The topological polar surface area (TPSA) is 110 Å². The second kappa shape index (κ2) is 8.09. The van der Waals surface area contributed by atoms with Crippen LogP contribution in [0, 0.1) is 5.82 Å². The Balaban J connectivity index is 1.76. The summed E-state index contributed by atoms with van der Waals surface area (Å²) < 4.78 is 18.6. The first kappa shape index (κ1) is 18.7. The highest BCUT2D eigenvalue weighted by Gasteiger charge is 2.24. The summed E-state index contributed by atoms with van der Waals surface area (Å²) in [5.41, 5.74) is 6.05. The number of ketones is 1. The van der Waals surface area contributed by atoms with Crippen molar-refractivity contribution in [2.45, 2.75) is 12.5 Å². The zero-order chi connectivity index (χ0) is 19.4. The highest BCUT2D eigenvalue weighted by atomic mass is 19.1. The molecule has 142 valence electrons. The van der Waals surface area contributed by atoms with Gasteiger partial charge in [-0.05, 0) is 24.6 Å². The van der Waals surface area contributed by atoms with E-state index in [1.165, 1.54) is 25.4 Å². The fourth-order valence-electron chi connectivity index (χ4n) is 3.05. The first-order valence-electron chi connectivity index (χ1n) is 8.45. The van der Waals surface area contributed by atoms with Crippen molar-refractivity contribution in [3.8, 4) is 5.75 Å². The summed E-state index contributed by atoms with van der Waals surface area (Å²) in [5, 5.41) is 3.15. The second-order valence-corrected chi connectivity index (χ2v) is 6.22. The third-order valence-electron chi connectivity index (χ3n) is 4.41. The van der Waals surface area contributed by atoms with Gasteiger partial charge in [0.25, 0.3) is 0 Å². The van der Waals surface area contributed by atoms with E-state index in [4.69, 9.17) is 10.5 Å². The number of nitrogen functional groups attached to an aromatic ring is 1. The van der Waals surface area contributed by atoms with Gasteiger partial charge in [-0.15, -0.1) is 0 Å². The van der Waals surface area contributed by atoms with E-state index in [1.807, 2.05) is 4.90 Å². The molecule has 0 saturated carbocycles.